The average molecular weight is 250 g/mol. The van der Waals surface area contributed by atoms with E-state index in [2.05, 4.69) is 23.8 Å². The summed E-state index contributed by atoms with van der Waals surface area (Å²) < 4.78 is 0. The van der Waals surface area contributed by atoms with Crippen molar-refractivity contribution in [3.05, 3.63) is 23.8 Å². The minimum Gasteiger partial charge on any atom is -0.477 e. The van der Waals surface area contributed by atoms with Crippen molar-refractivity contribution in [2.24, 2.45) is 0 Å². The van der Waals surface area contributed by atoms with Gasteiger partial charge in [0.2, 0.25) is 0 Å². The Kier molecular flexibility index (Phi) is 6.33. The second-order valence-corrected chi connectivity index (χ2v) is 4.71. The minimum atomic E-state index is -0.992. The van der Waals surface area contributed by atoms with Gasteiger partial charge in [0.1, 0.15) is 5.82 Å². The van der Waals surface area contributed by atoms with Gasteiger partial charge in [0, 0.05) is 12.1 Å². The first kappa shape index (κ1) is 14.6. The molecule has 0 saturated carbocycles. The molecule has 0 amide bonds. The molecule has 1 aromatic rings. The molecule has 1 unspecified atom stereocenters. The number of carbonyl (C=O) groups is 1. The topological polar surface area (TPSA) is 63.1 Å². The van der Waals surface area contributed by atoms with Crippen molar-refractivity contribution >= 4 is 5.97 Å². The number of rotatable bonds is 8. The van der Waals surface area contributed by atoms with Gasteiger partial charge in [-0.1, -0.05) is 46.0 Å². The lowest BCUT2D eigenvalue weighted by atomic mass is 10.0. The van der Waals surface area contributed by atoms with E-state index in [1.165, 1.54) is 37.9 Å². The normalized spacial score (nSPS) is 12.3. The highest BCUT2D eigenvalue weighted by Gasteiger charge is 2.11. The summed E-state index contributed by atoms with van der Waals surface area (Å²) in [6.45, 7) is 4.26. The van der Waals surface area contributed by atoms with Gasteiger partial charge in [0.05, 0.1) is 0 Å². The van der Waals surface area contributed by atoms with Gasteiger partial charge in [-0.05, 0) is 12.5 Å². The fourth-order valence-electron chi connectivity index (χ4n) is 1.91. The van der Waals surface area contributed by atoms with Crippen LogP contribution in [-0.2, 0) is 0 Å². The van der Waals surface area contributed by atoms with Gasteiger partial charge in [-0.2, -0.15) is 0 Å². The van der Waals surface area contributed by atoms with Crippen molar-refractivity contribution in [1.82, 2.24) is 9.97 Å². The number of hydrogen-bond acceptors (Lipinski definition) is 3. The number of carboxylic acid groups (broad SMARTS) is 1. The molecule has 4 heteroatoms. The van der Waals surface area contributed by atoms with E-state index in [0.717, 1.165) is 12.8 Å². The van der Waals surface area contributed by atoms with E-state index >= 15 is 0 Å². The average Bonchev–Trinajstić information content (AvgIpc) is 2.38. The minimum absolute atomic E-state index is 0.0813. The molecule has 1 N–H and O–H groups in total. The van der Waals surface area contributed by atoms with Gasteiger partial charge in [-0.15, -0.1) is 0 Å². The maximum atomic E-state index is 10.8. The molecule has 0 bridgehead atoms. The number of hydrogen-bond donors (Lipinski definition) is 1. The van der Waals surface area contributed by atoms with Crippen LogP contribution in [0.2, 0.25) is 0 Å². The number of unbranched alkanes of at least 4 members (excludes halogenated alkanes) is 4. The third-order valence-corrected chi connectivity index (χ3v) is 3.07. The van der Waals surface area contributed by atoms with Crippen LogP contribution >= 0.6 is 0 Å². The smallest absolute Gasteiger partial charge is 0.354 e. The highest BCUT2D eigenvalue weighted by molar-refractivity contribution is 5.85. The summed E-state index contributed by atoms with van der Waals surface area (Å²) in [6.07, 6.45) is 8.75. The van der Waals surface area contributed by atoms with Gasteiger partial charge >= 0.3 is 5.97 Å². The first-order valence-electron chi connectivity index (χ1n) is 6.71. The van der Waals surface area contributed by atoms with Gasteiger partial charge in [-0.3, -0.25) is 0 Å². The Balaban J connectivity index is 2.43. The molecule has 0 aromatic carbocycles. The zero-order chi connectivity index (χ0) is 13.4. The molecule has 0 saturated heterocycles. The van der Waals surface area contributed by atoms with Gasteiger partial charge in [0.15, 0.2) is 5.69 Å². The molecule has 0 aliphatic heterocycles. The van der Waals surface area contributed by atoms with Crippen molar-refractivity contribution in [3.63, 3.8) is 0 Å². The fourth-order valence-corrected chi connectivity index (χ4v) is 1.91. The Morgan fingerprint density at radius 3 is 2.72 bits per heavy atom. The summed E-state index contributed by atoms with van der Waals surface area (Å²) in [6, 6.07) is 1.43. The van der Waals surface area contributed by atoms with E-state index in [0.29, 0.717) is 5.82 Å². The van der Waals surface area contributed by atoms with Crippen molar-refractivity contribution in [2.45, 2.75) is 58.3 Å². The summed E-state index contributed by atoms with van der Waals surface area (Å²) in [5.74, 6) is -0.120. The third-order valence-electron chi connectivity index (χ3n) is 3.07. The van der Waals surface area contributed by atoms with Crippen LogP contribution in [0.5, 0.6) is 0 Å². The maximum Gasteiger partial charge on any atom is 0.354 e. The Bertz CT molecular complexity index is 380. The highest BCUT2D eigenvalue weighted by Crippen LogP contribution is 2.19. The lowest BCUT2D eigenvalue weighted by Crippen LogP contribution is -2.07. The predicted molar refractivity (Wildman–Crippen MR) is 70.8 cm³/mol. The molecule has 18 heavy (non-hydrogen) atoms. The fraction of sp³-hybridized carbons (Fsp3) is 0.643. The Morgan fingerprint density at radius 1 is 1.33 bits per heavy atom. The summed E-state index contributed by atoms with van der Waals surface area (Å²) in [7, 11) is 0. The maximum absolute atomic E-state index is 10.8. The molecule has 0 aliphatic rings. The van der Waals surface area contributed by atoms with E-state index in [1.807, 2.05) is 0 Å². The lowest BCUT2D eigenvalue weighted by molar-refractivity contribution is 0.0689. The Hall–Kier alpha value is -1.45. The Labute approximate surface area is 108 Å². The highest BCUT2D eigenvalue weighted by atomic mass is 16.4. The molecule has 4 nitrogen and oxygen atoms in total. The lowest BCUT2D eigenvalue weighted by Gasteiger charge is -2.10. The van der Waals surface area contributed by atoms with Crippen molar-refractivity contribution in [3.8, 4) is 0 Å². The van der Waals surface area contributed by atoms with Gasteiger partial charge in [0.25, 0.3) is 0 Å². The van der Waals surface area contributed by atoms with Gasteiger partial charge in [-0.25, -0.2) is 14.8 Å². The molecule has 1 atom stereocenters. The summed E-state index contributed by atoms with van der Waals surface area (Å²) in [5.41, 5.74) is 0.0813. The van der Waals surface area contributed by atoms with Crippen LogP contribution in [0.15, 0.2) is 12.3 Å². The standard InChI is InChI=1S/C14H22N2O2/c1-3-4-5-6-7-8-11(2)13-15-10-9-12(16-13)14(17)18/h9-11H,3-8H2,1-2H3,(H,17,18). The summed E-state index contributed by atoms with van der Waals surface area (Å²) in [4.78, 5) is 19.1. The van der Waals surface area contributed by atoms with Crippen LogP contribution in [0, 0.1) is 0 Å². The molecule has 0 spiro atoms. The largest absolute Gasteiger partial charge is 0.477 e. The van der Waals surface area contributed by atoms with E-state index in [9.17, 15) is 4.79 Å². The molecule has 1 heterocycles. The molecular formula is C14H22N2O2. The third kappa shape index (κ3) is 4.82. The SMILES string of the molecule is CCCCCCCC(C)c1nccc(C(=O)O)n1. The number of aromatic carboxylic acids is 1. The number of aromatic nitrogens is 2. The second kappa shape index (κ2) is 7.80. The predicted octanol–water partition coefficient (Wildman–Crippen LogP) is 3.64. The second-order valence-electron chi connectivity index (χ2n) is 4.71. The van der Waals surface area contributed by atoms with E-state index in [1.54, 1.807) is 0 Å². The van der Waals surface area contributed by atoms with E-state index < -0.39 is 5.97 Å². The Morgan fingerprint density at radius 2 is 2.06 bits per heavy atom. The quantitative estimate of drug-likeness (QED) is 0.715. The first-order valence-corrected chi connectivity index (χ1v) is 6.71. The number of nitrogens with zero attached hydrogens (tertiary/aromatic N) is 2. The van der Waals surface area contributed by atoms with Crippen LogP contribution in [0.3, 0.4) is 0 Å². The summed E-state index contributed by atoms with van der Waals surface area (Å²) in [5, 5.41) is 8.87. The molecule has 0 radical (unpaired) electrons. The molecular weight excluding hydrogens is 228 g/mol. The van der Waals surface area contributed by atoms with Crippen LogP contribution in [0.25, 0.3) is 0 Å². The van der Waals surface area contributed by atoms with Crippen molar-refractivity contribution in [1.29, 1.82) is 0 Å². The van der Waals surface area contributed by atoms with Crippen LogP contribution in [-0.4, -0.2) is 21.0 Å². The van der Waals surface area contributed by atoms with Crippen molar-refractivity contribution < 1.29 is 9.90 Å². The molecule has 0 aliphatic carbocycles. The van der Waals surface area contributed by atoms with Gasteiger partial charge < -0.3 is 5.11 Å². The monoisotopic (exact) mass is 250 g/mol. The molecule has 0 fully saturated rings. The van der Waals surface area contributed by atoms with Crippen LogP contribution in [0.1, 0.15) is 74.6 Å². The zero-order valence-electron chi connectivity index (χ0n) is 11.2. The van der Waals surface area contributed by atoms with E-state index in [4.69, 9.17) is 5.11 Å². The van der Waals surface area contributed by atoms with Crippen molar-refractivity contribution in [2.75, 3.05) is 0 Å². The first-order chi connectivity index (χ1) is 8.65. The van der Waals surface area contributed by atoms with Crippen LogP contribution < -0.4 is 0 Å². The molecule has 100 valence electrons. The number of carboxylic acids is 1. The molecule has 1 aromatic heterocycles. The summed E-state index contributed by atoms with van der Waals surface area (Å²) >= 11 is 0. The zero-order valence-corrected chi connectivity index (χ0v) is 11.2. The van der Waals surface area contributed by atoms with Crippen LogP contribution in [0.4, 0.5) is 0 Å². The molecule has 1 rings (SSSR count). The van der Waals surface area contributed by atoms with E-state index in [-0.39, 0.29) is 11.6 Å².